The molecule has 0 aliphatic carbocycles. The number of thiol groups is 1. The number of carbonyl (C=O) groups excluding carboxylic acids is 1. The van der Waals surface area contributed by atoms with Gasteiger partial charge in [0.2, 0.25) is 5.91 Å². The third-order valence-corrected chi connectivity index (χ3v) is 2.58. The van der Waals surface area contributed by atoms with Crippen LogP contribution < -0.4 is 5.32 Å². The molecule has 4 heteroatoms. The van der Waals surface area contributed by atoms with Crippen LogP contribution in [0.2, 0.25) is 0 Å². The molecule has 0 aliphatic rings. The third kappa shape index (κ3) is 6.79. The van der Waals surface area contributed by atoms with E-state index in [1.54, 1.807) is 0 Å². The first-order valence-electron chi connectivity index (χ1n) is 5.62. The Hall–Kier alpha value is -0.220. The Morgan fingerprint density at radius 2 is 1.80 bits per heavy atom. The van der Waals surface area contributed by atoms with Crippen LogP contribution in [0.15, 0.2) is 0 Å². The summed E-state index contributed by atoms with van der Waals surface area (Å²) in [5.41, 5.74) is 0. The maximum atomic E-state index is 11.2. The second-order valence-electron chi connectivity index (χ2n) is 4.25. The molecular weight excluding hydrogens is 208 g/mol. The zero-order valence-corrected chi connectivity index (χ0v) is 11.2. The molecule has 0 unspecified atom stereocenters. The van der Waals surface area contributed by atoms with E-state index in [0.717, 1.165) is 13.1 Å². The van der Waals surface area contributed by atoms with E-state index < -0.39 is 0 Å². The highest BCUT2D eigenvalue weighted by molar-refractivity contribution is 7.80. The molecule has 1 amide bonds. The SMILES string of the molecule is CC(C)N(CCNC(=O)CCS)C(C)C. The summed E-state index contributed by atoms with van der Waals surface area (Å²) >= 11 is 4.02. The van der Waals surface area contributed by atoms with Gasteiger partial charge >= 0.3 is 0 Å². The predicted octanol–water partition coefficient (Wildman–Crippen LogP) is 1.54. The summed E-state index contributed by atoms with van der Waals surface area (Å²) in [6, 6.07) is 1.04. The molecule has 0 atom stereocenters. The van der Waals surface area contributed by atoms with E-state index in [2.05, 4.69) is 50.5 Å². The Balaban J connectivity index is 3.76. The Morgan fingerprint density at radius 3 is 2.20 bits per heavy atom. The lowest BCUT2D eigenvalue weighted by molar-refractivity contribution is -0.120. The van der Waals surface area contributed by atoms with Crippen LogP contribution in [0.3, 0.4) is 0 Å². The lowest BCUT2D eigenvalue weighted by Crippen LogP contribution is -2.42. The second-order valence-corrected chi connectivity index (χ2v) is 4.70. The van der Waals surface area contributed by atoms with E-state index in [-0.39, 0.29) is 5.91 Å². The number of amides is 1. The van der Waals surface area contributed by atoms with Gasteiger partial charge in [-0.2, -0.15) is 12.6 Å². The van der Waals surface area contributed by atoms with Crippen molar-refractivity contribution in [1.29, 1.82) is 0 Å². The van der Waals surface area contributed by atoms with Gasteiger partial charge in [0.25, 0.3) is 0 Å². The van der Waals surface area contributed by atoms with Crippen molar-refractivity contribution >= 4 is 18.5 Å². The van der Waals surface area contributed by atoms with E-state index >= 15 is 0 Å². The molecule has 1 N–H and O–H groups in total. The van der Waals surface area contributed by atoms with Crippen molar-refractivity contribution < 1.29 is 4.79 Å². The molecule has 90 valence electrons. The summed E-state index contributed by atoms with van der Waals surface area (Å²) in [7, 11) is 0. The lowest BCUT2D eigenvalue weighted by atomic mass is 10.2. The highest BCUT2D eigenvalue weighted by Crippen LogP contribution is 2.03. The zero-order chi connectivity index (χ0) is 11.8. The van der Waals surface area contributed by atoms with Crippen LogP contribution in [0.25, 0.3) is 0 Å². The van der Waals surface area contributed by atoms with Crippen molar-refractivity contribution in [3.8, 4) is 0 Å². The van der Waals surface area contributed by atoms with Crippen molar-refractivity contribution in [1.82, 2.24) is 10.2 Å². The summed E-state index contributed by atoms with van der Waals surface area (Å²) in [6.07, 6.45) is 0.506. The highest BCUT2D eigenvalue weighted by atomic mass is 32.1. The quantitative estimate of drug-likeness (QED) is 0.653. The van der Waals surface area contributed by atoms with Crippen LogP contribution >= 0.6 is 12.6 Å². The third-order valence-electron chi connectivity index (χ3n) is 2.36. The predicted molar refractivity (Wildman–Crippen MR) is 68.5 cm³/mol. The zero-order valence-electron chi connectivity index (χ0n) is 10.3. The summed E-state index contributed by atoms with van der Waals surface area (Å²) in [6.45, 7) is 10.3. The van der Waals surface area contributed by atoms with Crippen molar-refractivity contribution in [3.05, 3.63) is 0 Å². The standard InChI is InChI=1S/C11H24N2OS/c1-9(2)13(10(3)4)7-6-12-11(14)5-8-15/h9-10,15H,5-8H2,1-4H3,(H,12,14). The minimum absolute atomic E-state index is 0.0949. The molecule has 0 aromatic carbocycles. The average Bonchev–Trinajstić information content (AvgIpc) is 2.11. The number of nitrogens with one attached hydrogen (secondary N) is 1. The number of carbonyl (C=O) groups is 1. The summed E-state index contributed by atoms with van der Waals surface area (Å²) in [5, 5.41) is 2.89. The van der Waals surface area contributed by atoms with Crippen LogP contribution in [0, 0.1) is 0 Å². The monoisotopic (exact) mass is 232 g/mol. The fourth-order valence-electron chi connectivity index (χ4n) is 1.63. The van der Waals surface area contributed by atoms with E-state index in [4.69, 9.17) is 0 Å². The van der Waals surface area contributed by atoms with Gasteiger partial charge < -0.3 is 5.32 Å². The Labute approximate surface area is 99.0 Å². The molecule has 3 nitrogen and oxygen atoms in total. The van der Waals surface area contributed by atoms with Crippen LogP contribution in [-0.2, 0) is 4.79 Å². The largest absolute Gasteiger partial charge is 0.355 e. The molecule has 0 saturated carbocycles. The Bertz CT molecular complexity index is 175. The number of hydrogen-bond donors (Lipinski definition) is 2. The molecule has 0 aromatic rings. The van der Waals surface area contributed by atoms with Crippen LogP contribution in [0.1, 0.15) is 34.1 Å². The molecule has 0 radical (unpaired) electrons. The maximum absolute atomic E-state index is 11.2. The first kappa shape index (κ1) is 14.8. The van der Waals surface area contributed by atoms with E-state index in [1.165, 1.54) is 0 Å². The molecule has 0 heterocycles. The lowest BCUT2D eigenvalue weighted by Gasteiger charge is -2.30. The van der Waals surface area contributed by atoms with Crippen LogP contribution in [0.5, 0.6) is 0 Å². The van der Waals surface area contributed by atoms with E-state index in [9.17, 15) is 4.79 Å². The first-order valence-corrected chi connectivity index (χ1v) is 6.25. The van der Waals surface area contributed by atoms with Gasteiger partial charge in [0, 0.05) is 31.6 Å². The van der Waals surface area contributed by atoms with Crippen molar-refractivity contribution in [2.24, 2.45) is 0 Å². The fourth-order valence-corrected chi connectivity index (χ4v) is 1.83. The molecular formula is C11H24N2OS. The van der Waals surface area contributed by atoms with Gasteiger partial charge in [-0.15, -0.1) is 0 Å². The number of rotatable bonds is 7. The normalized spacial score (nSPS) is 11.5. The highest BCUT2D eigenvalue weighted by Gasteiger charge is 2.12. The maximum Gasteiger partial charge on any atom is 0.220 e. The van der Waals surface area contributed by atoms with Crippen molar-refractivity contribution in [2.45, 2.75) is 46.2 Å². The van der Waals surface area contributed by atoms with Crippen molar-refractivity contribution in [2.75, 3.05) is 18.8 Å². The summed E-state index contributed by atoms with van der Waals surface area (Å²) < 4.78 is 0. The van der Waals surface area contributed by atoms with Crippen molar-refractivity contribution in [3.63, 3.8) is 0 Å². The Morgan fingerprint density at radius 1 is 1.27 bits per heavy atom. The van der Waals surface area contributed by atoms with Gasteiger partial charge in [0.15, 0.2) is 0 Å². The summed E-state index contributed by atoms with van der Waals surface area (Å²) in [4.78, 5) is 13.5. The van der Waals surface area contributed by atoms with E-state index in [0.29, 0.717) is 24.3 Å². The smallest absolute Gasteiger partial charge is 0.220 e. The van der Waals surface area contributed by atoms with Gasteiger partial charge in [-0.05, 0) is 33.4 Å². The molecule has 0 bridgehead atoms. The van der Waals surface area contributed by atoms with Gasteiger partial charge in [-0.1, -0.05) is 0 Å². The molecule has 0 saturated heterocycles. The number of hydrogen-bond acceptors (Lipinski definition) is 3. The van der Waals surface area contributed by atoms with Gasteiger partial charge in [-0.3, -0.25) is 9.69 Å². The van der Waals surface area contributed by atoms with Crippen LogP contribution in [-0.4, -0.2) is 41.7 Å². The van der Waals surface area contributed by atoms with Crippen LogP contribution in [0.4, 0.5) is 0 Å². The fraction of sp³-hybridized carbons (Fsp3) is 0.909. The Kier molecular flexibility index (Phi) is 7.88. The minimum Gasteiger partial charge on any atom is -0.355 e. The van der Waals surface area contributed by atoms with Gasteiger partial charge in [0.1, 0.15) is 0 Å². The minimum atomic E-state index is 0.0949. The average molecular weight is 232 g/mol. The molecule has 0 spiro atoms. The van der Waals surface area contributed by atoms with E-state index in [1.807, 2.05) is 0 Å². The van der Waals surface area contributed by atoms with Gasteiger partial charge in [-0.25, -0.2) is 0 Å². The molecule has 15 heavy (non-hydrogen) atoms. The molecule has 0 aromatic heterocycles. The molecule has 0 aliphatic heterocycles. The first-order chi connectivity index (χ1) is 6.99. The topological polar surface area (TPSA) is 32.3 Å². The van der Waals surface area contributed by atoms with Gasteiger partial charge in [0.05, 0.1) is 0 Å². The second kappa shape index (κ2) is 7.99. The number of nitrogens with zero attached hydrogens (tertiary/aromatic N) is 1. The molecule has 0 rings (SSSR count). The molecule has 0 fully saturated rings. The summed E-state index contributed by atoms with van der Waals surface area (Å²) in [5.74, 6) is 0.710.